The van der Waals surface area contributed by atoms with Gasteiger partial charge in [-0.2, -0.15) is 0 Å². The molecular formula is C19H16O. The molecule has 0 aromatic heterocycles. The SMILES string of the molecule is O[C@H]1C[C@@H](c2ccc3ccccc3c2)c2ccccc21. The van der Waals surface area contributed by atoms with Crippen molar-refractivity contribution in [2.24, 2.45) is 0 Å². The van der Waals surface area contributed by atoms with Crippen LogP contribution in [0.15, 0.2) is 66.7 Å². The average Bonchev–Trinajstić information content (AvgIpc) is 2.85. The monoisotopic (exact) mass is 260 g/mol. The molecule has 98 valence electrons. The van der Waals surface area contributed by atoms with Crippen LogP contribution in [0, 0.1) is 0 Å². The van der Waals surface area contributed by atoms with Crippen molar-refractivity contribution < 1.29 is 5.11 Å². The number of fused-ring (bicyclic) bond motifs is 2. The van der Waals surface area contributed by atoms with Crippen LogP contribution < -0.4 is 0 Å². The first kappa shape index (κ1) is 11.7. The lowest BCUT2D eigenvalue weighted by molar-refractivity contribution is 0.176. The lowest BCUT2D eigenvalue weighted by Gasteiger charge is -2.13. The number of hydrogen-bond donors (Lipinski definition) is 1. The first-order chi connectivity index (χ1) is 9.83. The fourth-order valence-electron chi connectivity index (χ4n) is 3.35. The molecule has 0 unspecified atom stereocenters. The molecule has 1 aliphatic carbocycles. The molecule has 0 heterocycles. The van der Waals surface area contributed by atoms with Gasteiger partial charge >= 0.3 is 0 Å². The molecule has 0 saturated carbocycles. The Labute approximate surface area is 118 Å². The maximum absolute atomic E-state index is 10.2. The predicted octanol–water partition coefficient (Wildman–Crippen LogP) is 4.41. The van der Waals surface area contributed by atoms with Gasteiger partial charge in [0, 0.05) is 5.92 Å². The van der Waals surface area contributed by atoms with Crippen LogP contribution in [0.25, 0.3) is 10.8 Å². The summed E-state index contributed by atoms with van der Waals surface area (Å²) in [5, 5.41) is 12.8. The Morgan fingerprint density at radius 2 is 1.45 bits per heavy atom. The largest absolute Gasteiger partial charge is 0.388 e. The summed E-state index contributed by atoms with van der Waals surface area (Å²) in [6, 6.07) is 23.3. The maximum Gasteiger partial charge on any atom is 0.0802 e. The minimum Gasteiger partial charge on any atom is -0.388 e. The third-order valence-corrected chi connectivity index (χ3v) is 4.37. The van der Waals surface area contributed by atoms with Crippen molar-refractivity contribution in [3.8, 4) is 0 Å². The summed E-state index contributed by atoms with van der Waals surface area (Å²) in [7, 11) is 0. The molecule has 1 aliphatic rings. The Balaban J connectivity index is 1.84. The van der Waals surface area contributed by atoms with E-state index >= 15 is 0 Å². The highest BCUT2D eigenvalue weighted by Crippen LogP contribution is 2.44. The zero-order chi connectivity index (χ0) is 13.5. The lowest BCUT2D eigenvalue weighted by atomic mass is 9.91. The topological polar surface area (TPSA) is 20.2 Å². The Morgan fingerprint density at radius 3 is 2.30 bits per heavy atom. The number of rotatable bonds is 1. The third-order valence-electron chi connectivity index (χ3n) is 4.37. The Kier molecular flexibility index (Phi) is 2.61. The summed E-state index contributed by atoms with van der Waals surface area (Å²) in [6.07, 6.45) is 0.459. The normalized spacial score (nSPS) is 21.1. The Morgan fingerprint density at radius 1 is 0.750 bits per heavy atom. The minimum atomic E-state index is -0.331. The average molecular weight is 260 g/mol. The maximum atomic E-state index is 10.2. The van der Waals surface area contributed by atoms with E-state index in [0.29, 0.717) is 5.92 Å². The number of hydrogen-bond acceptors (Lipinski definition) is 1. The summed E-state index contributed by atoms with van der Waals surface area (Å²) in [5.74, 6) is 0.311. The second-order valence-corrected chi connectivity index (χ2v) is 5.54. The molecule has 1 N–H and O–H groups in total. The second kappa shape index (κ2) is 4.46. The highest BCUT2D eigenvalue weighted by molar-refractivity contribution is 5.83. The van der Waals surface area contributed by atoms with E-state index in [1.165, 1.54) is 21.9 Å². The molecule has 1 heteroatoms. The van der Waals surface area contributed by atoms with Crippen LogP contribution in [0.3, 0.4) is 0 Å². The summed E-state index contributed by atoms with van der Waals surface area (Å²) < 4.78 is 0. The van der Waals surface area contributed by atoms with Gasteiger partial charge in [0.25, 0.3) is 0 Å². The summed E-state index contributed by atoms with van der Waals surface area (Å²) in [5.41, 5.74) is 3.66. The highest BCUT2D eigenvalue weighted by Gasteiger charge is 2.30. The van der Waals surface area contributed by atoms with Gasteiger partial charge in [-0.1, -0.05) is 66.7 Å². The molecule has 3 aromatic rings. The summed E-state index contributed by atoms with van der Waals surface area (Å²) in [4.78, 5) is 0. The molecule has 20 heavy (non-hydrogen) atoms. The first-order valence-electron chi connectivity index (χ1n) is 7.08. The van der Waals surface area contributed by atoms with Gasteiger partial charge in [-0.3, -0.25) is 0 Å². The van der Waals surface area contributed by atoms with Gasteiger partial charge in [0.1, 0.15) is 0 Å². The molecule has 3 aromatic carbocycles. The van der Waals surface area contributed by atoms with Gasteiger partial charge in [0.2, 0.25) is 0 Å². The van der Waals surface area contributed by atoms with Crippen molar-refractivity contribution >= 4 is 10.8 Å². The van der Waals surface area contributed by atoms with E-state index in [4.69, 9.17) is 0 Å². The fourth-order valence-corrected chi connectivity index (χ4v) is 3.35. The van der Waals surface area contributed by atoms with E-state index in [2.05, 4.69) is 54.6 Å². The van der Waals surface area contributed by atoms with E-state index in [1.54, 1.807) is 0 Å². The van der Waals surface area contributed by atoms with Gasteiger partial charge in [0.15, 0.2) is 0 Å². The van der Waals surface area contributed by atoms with Crippen LogP contribution in [0.2, 0.25) is 0 Å². The smallest absolute Gasteiger partial charge is 0.0802 e. The van der Waals surface area contributed by atoms with E-state index in [-0.39, 0.29) is 6.10 Å². The Bertz CT molecular complexity index is 775. The fraction of sp³-hybridized carbons (Fsp3) is 0.158. The molecule has 0 saturated heterocycles. The van der Waals surface area contributed by atoms with E-state index < -0.39 is 0 Å². The van der Waals surface area contributed by atoms with Crippen molar-refractivity contribution in [3.63, 3.8) is 0 Å². The molecule has 2 atom stereocenters. The molecule has 1 nitrogen and oxygen atoms in total. The molecule has 0 bridgehead atoms. The molecule has 0 spiro atoms. The van der Waals surface area contributed by atoms with Crippen molar-refractivity contribution in [2.45, 2.75) is 18.4 Å². The zero-order valence-electron chi connectivity index (χ0n) is 11.2. The van der Waals surface area contributed by atoms with Crippen LogP contribution >= 0.6 is 0 Å². The second-order valence-electron chi connectivity index (χ2n) is 5.54. The number of aliphatic hydroxyl groups is 1. The first-order valence-corrected chi connectivity index (χ1v) is 7.08. The Hall–Kier alpha value is -2.12. The van der Waals surface area contributed by atoms with Gasteiger partial charge in [-0.15, -0.1) is 0 Å². The molecule has 4 rings (SSSR count). The molecule has 0 radical (unpaired) electrons. The van der Waals surface area contributed by atoms with Crippen molar-refractivity contribution in [1.82, 2.24) is 0 Å². The molecular weight excluding hydrogens is 244 g/mol. The van der Waals surface area contributed by atoms with Gasteiger partial charge < -0.3 is 5.11 Å². The minimum absolute atomic E-state index is 0.311. The quantitative estimate of drug-likeness (QED) is 0.687. The van der Waals surface area contributed by atoms with Crippen LogP contribution in [0.4, 0.5) is 0 Å². The summed E-state index contributed by atoms with van der Waals surface area (Å²) >= 11 is 0. The van der Waals surface area contributed by atoms with Gasteiger partial charge in [-0.05, 0) is 33.9 Å². The van der Waals surface area contributed by atoms with Crippen LogP contribution in [-0.4, -0.2) is 5.11 Å². The number of benzene rings is 3. The van der Waals surface area contributed by atoms with Crippen LogP contribution in [-0.2, 0) is 0 Å². The van der Waals surface area contributed by atoms with Crippen molar-refractivity contribution in [2.75, 3.05) is 0 Å². The molecule has 0 fully saturated rings. The summed E-state index contributed by atoms with van der Waals surface area (Å²) in [6.45, 7) is 0. The lowest BCUT2D eigenvalue weighted by Crippen LogP contribution is -1.96. The predicted molar refractivity (Wildman–Crippen MR) is 81.8 cm³/mol. The molecule has 0 aliphatic heterocycles. The third kappa shape index (κ3) is 1.75. The standard InChI is InChI=1S/C19H16O/c20-19-12-18(16-7-3-4-8-17(16)19)15-10-9-13-5-1-2-6-14(13)11-15/h1-11,18-20H,12H2/t18-,19-/m0/s1. The van der Waals surface area contributed by atoms with Crippen molar-refractivity contribution in [3.05, 3.63) is 83.4 Å². The van der Waals surface area contributed by atoms with Crippen LogP contribution in [0.1, 0.15) is 35.1 Å². The van der Waals surface area contributed by atoms with Crippen LogP contribution in [0.5, 0.6) is 0 Å². The number of aliphatic hydroxyl groups excluding tert-OH is 1. The zero-order valence-corrected chi connectivity index (χ0v) is 11.2. The van der Waals surface area contributed by atoms with Gasteiger partial charge in [-0.25, -0.2) is 0 Å². The molecule has 0 amide bonds. The van der Waals surface area contributed by atoms with E-state index in [1.807, 2.05) is 12.1 Å². The highest BCUT2D eigenvalue weighted by atomic mass is 16.3. The van der Waals surface area contributed by atoms with E-state index in [9.17, 15) is 5.11 Å². The van der Waals surface area contributed by atoms with E-state index in [0.717, 1.165) is 12.0 Å². The van der Waals surface area contributed by atoms with Gasteiger partial charge in [0.05, 0.1) is 6.10 Å². The van der Waals surface area contributed by atoms with Crippen molar-refractivity contribution in [1.29, 1.82) is 0 Å².